The number of rotatable bonds is 8. The molecule has 0 aromatic carbocycles. The number of hydrogen-bond acceptors (Lipinski definition) is 6. The van der Waals surface area contributed by atoms with E-state index < -0.39 is 11.9 Å². The van der Waals surface area contributed by atoms with Gasteiger partial charge in [-0.05, 0) is 44.1 Å². The van der Waals surface area contributed by atoms with Gasteiger partial charge in [0.25, 0.3) is 0 Å². The summed E-state index contributed by atoms with van der Waals surface area (Å²) in [4.78, 5) is 31.3. The molecule has 2 amide bonds. The molecule has 0 saturated heterocycles. The van der Waals surface area contributed by atoms with Gasteiger partial charge >= 0.3 is 6.01 Å². The van der Waals surface area contributed by atoms with Crippen LogP contribution in [-0.2, 0) is 9.59 Å². The first-order valence-electron chi connectivity index (χ1n) is 8.68. The molecule has 2 rings (SSSR count). The highest BCUT2D eigenvalue weighted by Gasteiger charge is 2.27. The summed E-state index contributed by atoms with van der Waals surface area (Å²) in [5.41, 5.74) is 0. The number of nitrogens with zero attached hydrogens (tertiary/aromatic N) is 2. The van der Waals surface area contributed by atoms with Crippen LogP contribution in [0.2, 0.25) is 0 Å². The van der Waals surface area contributed by atoms with Gasteiger partial charge in [-0.3, -0.25) is 9.59 Å². The molecule has 0 aliphatic heterocycles. The fraction of sp³-hybridized carbons (Fsp3) is 0.647. The Kier molecular flexibility index (Phi) is 8.08. The van der Waals surface area contributed by atoms with Crippen molar-refractivity contribution in [3.8, 4) is 6.01 Å². The van der Waals surface area contributed by atoms with Crippen LogP contribution in [0.4, 0.5) is 4.39 Å². The molecule has 0 unspecified atom stereocenters. The van der Waals surface area contributed by atoms with Crippen molar-refractivity contribution in [2.75, 3.05) is 12.0 Å². The largest absolute Gasteiger partial charge is 0.460 e. The van der Waals surface area contributed by atoms with Crippen molar-refractivity contribution in [2.24, 2.45) is 0 Å². The van der Waals surface area contributed by atoms with E-state index in [4.69, 9.17) is 4.74 Å². The lowest BCUT2D eigenvalue weighted by Crippen LogP contribution is -2.50. The third-order valence-corrected chi connectivity index (χ3v) is 4.84. The van der Waals surface area contributed by atoms with Crippen LogP contribution in [0.15, 0.2) is 12.4 Å². The molecule has 1 fully saturated rings. The van der Waals surface area contributed by atoms with E-state index in [-0.39, 0.29) is 30.0 Å². The lowest BCUT2D eigenvalue weighted by molar-refractivity contribution is -0.128. The van der Waals surface area contributed by atoms with Crippen molar-refractivity contribution in [2.45, 2.75) is 57.2 Å². The number of ether oxygens (including phenoxy) is 1. The highest BCUT2D eigenvalue weighted by atomic mass is 32.2. The third-order valence-electron chi connectivity index (χ3n) is 4.19. The van der Waals surface area contributed by atoms with E-state index in [1.165, 1.54) is 6.92 Å². The number of halogens is 1. The summed E-state index contributed by atoms with van der Waals surface area (Å²) in [6.45, 7) is 1.42. The van der Waals surface area contributed by atoms with Gasteiger partial charge in [0, 0.05) is 13.0 Å². The van der Waals surface area contributed by atoms with Gasteiger partial charge in [-0.2, -0.15) is 11.8 Å². The molecular weight excluding hydrogens is 359 g/mol. The minimum atomic E-state index is -0.501. The molecule has 0 bridgehead atoms. The SMILES string of the molecule is CSCC[C@@H](NC(C)=O)C(=O)NC1CCC(Oc2ncc(F)cn2)CC1. The number of amides is 2. The Balaban J connectivity index is 1.78. The second-order valence-electron chi connectivity index (χ2n) is 6.32. The molecule has 1 aromatic rings. The number of hydrogen-bond donors (Lipinski definition) is 2. The number of aromatic nitrogens is 2. The minimum Gasteiger partial charge on any atom is -0.460 e. The maximum absolute atomic E-state index is 12.8. The zero-order valence-electron chi connectivity index (χ0n) is 15.0. The van der Waals surface area contributed by atoms with Gasteiger partial charge in [0.05, 0.1) is 12.4 Å². The van der Waals surface area contributed by atoms with E-state index in [1.807, 2.05) is 6.26 Å². The molecule has 1 heterocycles. The summed E-state index contributed by atoms with van der Waals surface area (Å²) in [5.74, 6) is -0.0431. The van der Waals surface area contributed by atoms with Crippen LogP contribution >= 0.6 is 11.8 Å². The number of carbonyl (C=O) groups excluding carboxylic acids is 2. The van der Waals surface area contributed by atoms with Gasteiger partial charge in [-0.25, -0.2) is 14.4 Å². The summed E-state index contributed by atoms with van der Waals surface area (Å²) in [6, 6.07) is -0.273. The highest BCUT2D eigenvalue weighted by molar-refractivity contribution is 7.98. The fourth-order valence-corrected chi connectivity index (χ4v) is 3.36. The summed E-state index contributed by atoms with van der Waals surface area (Å²) < 4.78 is 18.5. The molecule has 0 radical (unpaired) electrons. The van der Waals surface area contributed by atoms with Crippen molar-refractivity contribution >= 4 is 23.6 Å². The Labute approximate surface area is 156 Å². The standard InChI is InChI=1S/C17H25FN4O3S/c1-11(23)21-15(7-8-26-2)16(24)22-13-3-5-14(6-4-13)25-17-19-9-12(18)10-20-17/h9-10,13-15H,3-8H2,1-2H3,(H,21,23)(H,22,24)/t13?,14?,15-/m1/s1. The van der Waals surface area contributed by atoms with Crippen molar-refractivity contribution in [3.05, 3.63) is 18.2 Å². The van der Waals surface area contributed by atoms with Gasteiger partial charge in [0.1, 0.15) is 12.1 Å². The average molecular weight is 384 g/mol. The molecular formula is C17H25FN4O3S. The highest BCUT2D eigenvalue weighted by Crippen LogP contribution is 2.22. The average Bonchev–Trinajstić information content (AvgIpc) is 2.62. The van der Waals surface area contributed by atoms with E-state index >= 15 is 0 Å². The fourth-order valence-electron chi connectivity index (χ4n) is 2.89. The zero-order chi connectivity index (χ0) is 18.9. The lowest BCUT2D eigenvalue weighted by Gasteiger charge is -2.30. The van der Waals surface area contributed by atoms with Crippen LogP contribution < -0.4 is 15.4 Å². The summed E-state index contributed by atoms with van der Waals surface area (Å²) >= 11 is 1.64. The Morgan fingerprint density at radius 1 is 1.31 bits per heavy atom. The van der Waals surface area contributed by atoms with Crippen LogP contribution in [0.25, 0.3) is 0 Å². The van der Waals surface area contributed by atoms with Crippen LogP contribution in [0.1, 0.15) is 39.0 Å². The Morgan fingerprint density at radius 2 is 1.96 bits per heavy atom. The first-order valence-corrected chi connectivity index (χ1v) is 10.1. The molecule has 1 aliphatic rings. The van der Waals surface area contributed by atoms with Crippen molar-refractivity contribution < 1.29 is 18.7 Å². The van der Waals surface area contributed by atoms with Gasteiger partial charge in [0.15, 0.2) is 5.82 Å². The number of nitrogens with one attached hydrogen (secondary N) is 2. The van der Waals surface area contributed by atoms with Crippen LogP contribution in [0.3, 0.4) is 0 Å². The third kappa shape index (κ3) is 6.78. The molecule has 1 atom stereocenters. The molecule has 2 N–H and O–H groups in total. The van der Waals surface area contributed by atoms with Gasteiger partial charge in [-0.1, -0.05) is 0 Å². The second kappa shape index (κ2) is 10.3. The van der Waals surface area contributed by atoms with Crippen LogP contribution in [0, 0.1) is 5.82 Å². The first-order chi connectivity index (χ1) is 12.5. The normalized spacial score (nSPS) is 20.9. The molecule has 0 spiro atoms. The van der Waals surface area contributed by atoms with Crippen molar-refractivity contribution in [3.63, 3.8) is 0 Å². The zero-order valence-corrected chi connectivity index (χ0v) is 15.9. The van der Waals surface area contributed by atoms with Crippen LogP contribution in [-0.4, -0.2) is 52.0 Å². The summed E-state index contributed by atoms with van der Waals surface area (Å²) in [7, 11) is 0. The number of thioether (sulfide) groups is 1. The van der Waals surface area contributed by atoms with Crippen molar-refractivity contribution in [1.29, 1.82) is 0 Å². The summed E-state index contributed by atoms with van der Waals surface area (Å²) in [5, 5.41) is 5.74. The molecule has 26 heavy (non-hydrogen) atoms. The maximum Gasteiger partial charge on any atom is 0.316 e. The first kappa shape index (κ1) is 20.4. The number of carbonyl (C=O) groups is 2. The van der Waals surface area contributed by atoms with Gasteiger partial charge in [0.2, 0.25) is 11.8 Å². The summed E-state index contributed by atoms with van der Waals surface area (Å²) in [6.07, 6.45) is 7.72. The maximum atomic E-state index is 12.8. The van der Waals surface area contributed by atoms with Gasteiger partial charge in [-0.15, -0.1) is 0 Å². The van der Waals surface area contributed by atoms with E-state index in [0.29, 0.717) is 6.42 Å². The quantitative estimate of drug-likeness (QED) is 0.708. The topological polar surface area (TPSA) is 93.2 Å². The predicted molar refractivity (Wildman–Crippen MR) is 97.4 cm³/mol. The predicted octanol–water partition coefficient (Wildman–Crippen LogP) is 1.68. The monoisotopic (exact) mass is 384 g/mol. The van der Waals surface area contributed by atoms with E-state index in [9.17, 15) is 14.0 Å². The molecule has 1 saturated carbocycles. The molecule has 1 aromatic heterocycles. The van der Waals surface area contributed by atoms with E-state index in [2.05, 4.69) is 20.6 Å². The van der Waals surface area contributed by atoms with Gasteiger partial charge < -0.3 is 15.4 Å². The molecule has 144 valence electrons. The van der Waals surface area contributed by atoms with E-state index in [1.54, 1.807) is 11.8 Å². The lowest BCUT2D eigenvalue weighted by atomic mass is 9.92. The Hall–Kier alpha value is -1.90. The van der Waals surface area contributed by atoms with Crippen LogP contribution in [0.5, 0.6) is 6.01 Å². The second-order valence-corrected chi connectivity index (χ2v) is 7.30. The van der Waals surface area contributed by atoms with E-state index in [0.717, 1.165) is 43.8 Å². The van der Waals surface area contributed by atoms with Crippen molar-refractivity contribution in [1.82, 2.24) is 20.6 Å². The molecule has 1 aliphatic carbocycles. The molecule has 7 nitrogen and oxygen atoms in total. The minimum absolute atomic E-state index is 0.0451. The Morgan fingerprint density at radius 3 is 2.54 bits per heavy atom. The smallest absolute Gasteiger partial charge is 0.316 e. The molecule has 9 heteroatoms. The Bertz CT molecular complexity index is 594.